The predicted molar refractivity (Wildman–Crippen MR) is 114 cm³/mol. The fourth-order valence-electron chi connectivity index (χ4n) is 2.56. The summed E-state index contributed by atoms with van der Waals surface area (Å²) in [6, 6.07) is 10.7. The molecular weight excluding hydrogens is 394 g/mol. The number of rotatable bonds is 10. The molecule has 3 N–H and O–H groups in total. The first kappa shape index (κ1) is 22.4. The van der Waals surface area contributed by atoms with E-state index in [1.807, 2.05) is 12.1 Å². The summed E-state index contributed by atoms with van der Waals surface area (Å²) in [7, 11) is 1.51. The second-order valence-electron chi connectivity index (χ2n) is 6.34. The van der Waals surface area contributed by atoms with Crippen molar-refractivity contribution in [1.82, 2.24) is 5.43 Å². The van der Waals surface area contributed by atoms with Gasteiger partial charge in [-0.2, -0.15) is 5.10 Å². The molecule has 2 aromatic rings. The van der Waals surface area contributed by atoms with Gasteiger partial charge in [0, 0.05) is 0 Å². The molecule has 0 saturated heterocycles. The minimum atomic E-state index is -0.756. The topological polar surface area (TPSA) is 95.2 Å². The van der Waals surface area contributed by atoms with Crippen molar-refractivity contribution >= 4 is 23.8 Å². The van der Waals surface area contributed by atoms with Gasteiger partial charge in [-0.3, -0.25) is 0 Å². The third-order valence-electron chi connectivity index (χ3n) is 4.30. The smallest absolute Gasteiger partial charge is 0.332 e. The molecule has 0 fully saturated rings. The molecule has 0 aliphatic heterocycles. The summed E-state index contributed by atoms with van der Waals surface area (Å²) in [4.78, 5) is 10.7. The van der Waals surface area contributed by atoms with Crippen molar-refractivity contribution < 1.29 is 19.0 Å². The van der Waals surface area contributed by atoms with Crippen molar-refractivity contribution in [2.24, 2.45) is 10.8 Å². The quantitative estimate of drug-likeness (QED) is 0.340. The highest BCUT2D eigenvalue weighted by atomic mass is 35.5. The fraction of sp³-hybridized carbons (Fsp3) is 0.333. The number of urea groups is 1. The van der Waals surface area contributed by atoms with E-state index in [-0.39, 0.29) is 0 Å². The van der Waals surface area contributed by atoms with Gasteiger partial charge < -0.3 is 19.9 Å². The molecule has 7 nitrogen and oxygen atoms in total. The molecular formula is C21H26ClN3O4. The summed E-state index contributed by atoms with van der Waals surface area (Å²) >= 11 is 6.29. The predicted octanol–water partition coefficient (Wildman–Crippen LogP) is 4.32. The first-order valence-electron chi connectivity index (χ1n) is 9.26. The molecule has 2 rings (SSSR count). The van der Waals surface area contributed by atoms with Crippen molar-refractivity contribution in [2.75, 3.05) is 20.3 Å². The third kappa shape index (κ3) is 6.87. The molecule has 1 atom stereocenters. The molecule has 0 aliphatic carbocycles. The molecule has 2 aromatic carbocycles. The van der Waals surface area contributed by atoms with Crippen molar-refractivity contribution in [3.8, 4) is 17.2 Å². The molecule has 2 amide bonds. The maximum atomic E-state index is 10.7. The molecule has 0 spiro atoms. The van der Waals surface area contributed by atoms with Crippen molar-refractivity contribution in [3.05, 3.63) is 52.5 Å². The molecule has 0 bridgehead atoms. The first-order chi connectivity index (χ1) is 13.9. The molecule has 29 heavy (non-hydrogen) atoms. The van der Waals surface area contributed by atoms with Gasteiger partial charge in [0.25, 0.3) is 0 Å². The molecule has 0 saturated carbocycles. The van der Waals surface area contributed by atoms with Crippen molar-refractivity contribution in [2.45, 2.75) is 26.2 Å². The maximum Gasteiger partial charge on any atom is 0.332 e. The van der Waals surface area contributed by atoms with Gasteiger partial charge in [-0.15, -0.1) is 0 Å². The highest BCUT2D eigenvalue weighted by molar-refractivity contribution is 6.32. The van der Waals surface area contributed by atoms with Crippen LogP contribution in [-0.2, 0) is 0 Å². The Balaban J connectivity index is 1.92. The number of nitrogens with one attached hydrogen (secondary N) is 1. The molecule has 8 heteroatoms. The highest BCUT2D eigenvalue weighted by Gasteiger charge is 2.12. The van der Waals surface area contributed by atoms with E-state index in [1.54, 1.807) is 12.1 Å². The molecule has 0 aliphatic rings. The number of carbonyl (C=O) groups excluding carboxylic acids is 1. The zero-order chi connectivity index (χ0) is 21.2. The number of benzene rings is 2. The van der Waals surface area contributed by atoms with Crippen LogP contribution in [0, 0.1) is 0 Å². The summed E-state index contributed by atoms with van der Waals surface area (Å²) in [6.45, 7) is 5.02. The SMILES string of the molecule is CCC(C)c1ccc(OCCOc2c(Cl)cc(C=NNC(N)=O)cc2OC)cc1. The Hall–Kier alpha value is -2.93. The minimum Gasteiger partial charge on any atom is -0.493 e. The van der Waals surface area contributed by atoms with Crippen LogP contribution in [0.2, 0.25) is 5.02 Å². The Labute approximate surface area is 175 Å². The lowest BCUT2D eigenvalue weighted by atomic mass is 9.99. The number of hydrazone groups is 1. The highest BCUT2D eigenvalue weighted by Crippen LogP contribution is 2.36. The monoisotopic (exact) mass is 419 g/mol. The van der Waals surface area contributed by atoms with E-state index < -0.39 is 6.03 Å². The Bertz CT molecular complexity index is 841. The number of halogens is 1. The van der Waals surface area contributed by atoms with Crippen molar-refractivity contribution in [1.29, 1.82) is 0 Å². The van der Waals surface area contributed by atoms with Gasteiger partial charge in [-0.05, 0) is 47.7 Å². The molecule has 0 radical (unpaired) electrons. The van der Waals surface area contributed by atoms with Gasteiger partial charge >= 0.3 is 6.03 Å². The third-order valence-corrected chi connectivity index (χ3v) is 4.58. The van der Waals surface area contributed by atoms with E-state index in [1.165, 1.54) is 18.9 Å². The van der Waals surface area contributed by atoms with Crippen LogP contribution in [0.15, 0.2) is 41.5 Å². The zero-order valence-electron chi connectivity index (χ0n) is 16.8. The van der Waals surface area contributed by atoms with Crippen LogP contribution >= 0.6 is 11.6 Å². The summed E-state index contributed by atoms with van der Waals surface area (Å²) < 4.78 is 16.8. The van der Waals surface area contributed by atoms with Crippen LogP contribution in [0.1, 0.15) is 37.3 Å². The Kier molecular flexibility index (Phi) is 8.61. The van der Waals surface area contributed by atoms with Gasteiger partial charge in [0.1, 0.15) is 19.0 Å². The number of primary amides is 1. The number of hydrogen-bond acceptors (Lipinski definition) is 5. The number of ether oxygens (including phenoxy) is 3. The van der Waals surface area contributed by atoms with Gasteiger partial charge in [0.05, 0.1) is 18.3 Å². The van der Waals surface area contributed by atoms with Crippen LogP contribution < -0.4 is 25.4 Å². The number of amides is 2. The van der Waals surface area contributed by atoms with Gasteiger partial charge in [-0.1, -0.05) is 37.6 Å². The Morgan fingerprint density at radius 2 is 1.93 bits per heavy atom. The number of methoxy groups -OCH3 is 1. The van der Waals surface area contributed by atoms with E-state index >= 15 is 0 Å². The summed E-state index contributed by atoms with van der Waals surface area (Å²) in [5, 5.41) is 4.04. The van der Waals surface area contributed by atoms with E-state index in [2.05, 4.69) is 36.5 Å². The van der Waals surface area contributed by atoms with Crippen LogP contribution in [0.5, 0.6) is 17.2 Å². The Morgan fingerprint density at radius 3 is 2.55 bits per heavy atom. The van der Waals surface area contributed by atoms with Crippen molar-refractivity contribution in [3.63, 3.8) is 0 Å². The molecule has 0 heterocycles. The summed E-state index contributed by atoms with van der Waals surface area (Å²) in [5.74, 6) is 2.16. The van der Waals surface area contributed by atoms with E-state index in [0.29, 0.717) is 41.2 Å². The van der Waals surface area contributed by atoms with E-state index in [4.69, 9.17) is 31.5 Å². The lowest BCUT2D eigenvalue weighted by Gasteiger charge is -2.14. The number of nitrogens with zero attached hydrogens (tertiary/aromatic N) is 1. The lowest BCUT2D eigenvalue weighted by molar-refractivity contribution is 0.211. The first-order valence-corrected chi connectivity index (χ1v) is 9.64. The number of carbonyl (C=O) groups is 1. The second-order valence-corrected chi connectivity index (χ2v) is 6.75. The molecule has 156 valence electrons. The van der Waals surface area contributed by atoms with E-state index in [0.717, 1.165) is 12.2 Å². The van der Waals surface area contributed by atoms with Gasteiger partial charge in [0.2, 0.25) is 0 Å². The van der Waals surface area contributed by atoms with Crippen LogP contribution in [0.25, 0.3) is 0 Å². The van der Waals surface area contributed by atoms with Crippen LogP contribution in [-0.4, -0.2) is 32.6 Å². The zero-order valence-corrected chi connectivity index (χ0v) is 17.5. The van der Waals surface area contributed by atoms with Gasteiger partial charge in [0.15, 0.2) is 11.5 Å². The standard InChI is InChI=1S/C21H26ClN3O4/c1-4-14(2)16-5-7-17(8-6-16)28-9-10-29-20-18(22)11-15(12-19(20)27-3)13-24-25-21(23)26/h5-8,11-14H,4,9-10H2,1-3H3,(H3,23,25,26). The average Bonchev–Trinajstić information content (AvgIpc) is 2.71. The maximum absolute atomic E-state index is 10.7. The number of hydrogen-bond donors (Lipinski definition) is 2. The second kappa shape index (κ2) is 11.2. The average molecular weight is 420 g/mol. The number of nitrogens with two attached hydrogens (primary N) is 1. The molecule has 0 aromatic heterocycles. The van der Waals surface area contributed by atoms with Crippen LogP contribution in [0.3, 0.4) is 0 Å². The van der Waals surface area contributed by atoms with E-state index in [9.17, 15) is 4.79 Å². The Morgan fingerprint density at radius 1 is 1.24 bits per heavy atom. The van der Waals surface area contributed by atoms with Crippen LogP contribution in [0.4, 0.5) is 4.79 Å². The largest absolute Gasteiger partial charge is 0.493 e. The minimum absolute atomic E-state index is 0.292. The normalized spacial score (nSPS) is 11.9. The lowest BCUT2D eigenvalue weighted by Crippen LogP contribution is -2.24. The summed E-state index contributed by atoms with van der Waals surface area (Å²) in [6.07, 6.45) is 2.50. The molecule has 1 unspecified atom stereocenters. The summed E-state index contributed by atoms with van der Waals surface area (Å²) in [5.41, 5.74) is 8.98. The fourth-order valence-corrected chi connectivity index (χ4v) is 2.83. The van der Waals surface area contributed by atoms with Gasteiger partial charge in [-0.25, -0.2) is 10.2 Å².